The molecule has 1 saturated heterocycles. The van der Waals surface area contributed by atoms with E-state index in [-0.39, 0.29) is 23.6 Å². The third-order valence-corrected chi connectivity index (χ3v) is 6.01. The molecule has 2 aromatic rings. The predicted molar refractivity (Wildman–Crippen MR) is 104 cm³/mol. The summed E-state index contributed by atoms with van der Waals surface area (Å²) in [6, 6.07) is 0. The third kappa shape index (κ3) is 3.96. The number of aryl methyl sites for hydroxylation is 3. The summed E-state index contributed by atoms with van der Waals surface area (Å²) in [4.78, 5) is 24.9. The number of esters is 1. The van der Waals surface area contributed by atoms with E-state index in [1.165, 1.54) is 0 Å². The number of nitrogens with zero attached hydrogens (tertiary/aromatic N) is 4. The van der Waals surface area contributed by atoms with Gasteiger partial charge in [0.05, 0.1) is 23.6 Å². The van der Waals surface area contributed by atoms with Gasteiger partial charge in [-0.15, -0.1) is 0 Å². The van der Waals surface area contributed by atoms with E-state index in [0.717, 1.165) is 30.7 Å². The normalized spacial score (nSPS) is 18.0. The zero-order chi connectivity index (χ0) is 21.1. The Labute approximate surface area is 174 Å². The maximum atomic E-state index is 12.8. The smallest absolute Gasteiger partial charge is 0.362 e. The van der Waals surface area contributed by atoms with E-state index < -0.39 is 5.97 Å². The summed E-state index contributed by atoms with van der Waals surface area (Å²) < 4.78 is 17.3. The fourth-order valence-corrected chi connectivity index (χ4v) is 4.22. The highest BCUT2D eigenvalue weighted by Gasteiger charge is 2.39. The molecule has 162 valence electrons. The number of fused-ring (bicyclic) bond motifs is 1. The van der Waals surface area contributed by atoms with Crippen molar-refractivity contribution in [3.05, 3.63) is 28.3 Å². The van der Waals surface area contributed by atoms with E-state index in [1.54, 1.807) is 6.92 Å². The quantitative estimate of drug-likeness (QED) is 0.554. The van der Waals surface area contributed by atoms with Crippen molar-refractivity contribution in [2.45, 2.75) is 52.5 Å². The first kappa shape index (κ1) is 20.5. The number of amides is 1. The van der Waals surface area contributed by atoms with Gasteiger partial charge in [0, 0.05) is 32.7 Å². The van der Waals surface area contributed by atoms with Gasteiger partial charge in [-0.05, 0) is 43.2 Å². The second-order valence-corrected chi connectivity index (χ2v) is 8.00. The fraction of sp³-hybridized carbons (Fsp3) is 0.650. The molecule has 10 nitrogen and oxygen atoms in total. The van der Waals surface area contributed by atoms with Crippen LogP contribution in [0.15, 0.2) is 4.63 Å². The molecule has 0 aliphatic carbocycles. The number of ether oxygens (including phenoxy) is 2. The molecule has 30 heavy (non-hydrogen) atoms. The van der Waals surface area contributed by atoms with E-state index in [4.69, 9.17) is 14.6 Å². The van der Waals surface area contributed by atoms with Crippen molar-refractivity contribution in [2.24, 2.45) is 5.41 Å². The van der Waals surface area contributed by atoms with Crippen molar-refractivity contribution in [2.75, 3.05) is 26.4 Å². The van der Waals surface area contributed by atoms with Crippen LogP contribution in [0.4, 0.5) is 0 Å². The minimum Gasteiger partial charge on any atom is -0.461 e. The van der Waals surface area contributed by atoms with E-state index in [0.29, 0.717) is 50.4 Å². The van der Waals surface area contributed by atoms with E-state index in [2.05, 4.69) is 20.3 Å². The third-order valence-electron chi connectivity index (χ3n) is 6.01. The van der Waals surface area contributed by atoms with Gasteiger partial charge in [-0.25, -0.2) is 9.42 Å². The molecule has 1 N–H and O–H groups in total. The van der Waals surface area contributed by atoms with Gasteiger partial charge in [-0.2, -0.15) is 5.10 Å². The average molecular weight is 417 g/mol. The van der Waals surface area contributed by atoms with Crippen molar-refractivity contribution >= 4 is 11.9 Å². The molecular weight excluding hydrogens is 390 g/mol. The van der Waals surface area contributed by atoms with Crippen LogP contribution in [0.3, 0.4) is 0 Å². The summed E-state index contributed by atoms with van der Waals surface area (Å²) in [5.41, 5.74) is 3.00. The monoisotopic (exact) mass is 417 g/mol. The Morgan fingerprint density at radius 3 is 2.80 bits per heavy atom. The van der Waals surface area contributed by atoms with Gasteiger partial charge in [-0.1, -0.05) is 12.1 Å². The molecule has 1 fully saturated rings. The fourth-order valence-electron chi connectivity index (χ4n) is 4.22. The summed E-state index contributed by atoms with van der Waals surface area (Å²) in [5, 5.41) is 15.0. The number of carbonyl (C=O) groups excluding carboxylic acids is 2. The predicted octanol–water partition coefficient (Wildman–Crippen LogP) is 1.47. The van der Waals surface area contributed by atoms with Crippen LogP contribution < -0.4 is 5.32 Å². The summed E-state index contributed by atoms with van der Waals surface area (Å²) in [5.74, 6) is -0.597. The lowest BCUT2D eigenvalue weighted by atomic mass is 9.76. The molecule has 0 unspecified atom stereocenters. The molecule has 1 spiro atoms. The number of hydrogen-bond donors (Lipinski definition) is 1. The highest BCUT2D eigenvalue weighted by Crippen LogP contribution is 2.37. The lowest BCUT2D eigenvalue weighted by Crippen LogP contribution is -2.40. The van der Waals surface area contributed by atoms with Crippen LogP contribution in [0.1, 0.15) is 64.1 Å². The van der Waals surface area contributed by atoms with Crippen LogP contribution in [0.25, 0.3) is 0 Å². The number of aromatic nitrogens is 4. The molecule has 4 heterocycles. The van der Waals surface area contributed by atoms with Crippen molar-refractivity contribution in [1.29, 1.82) is 0 Å². The van der Waals surface area contributed by atoms with E-state index in [1.807, 2.05) is 11.6 Å². The van der Waals surface area contributed by atoms with E-state index >= 15 is 0 Å². The van der Waals surface area contributed by atoms with Crippen LogP contribution in [0, 0.1) is 12.3 Å². The van der Waals surface area contributed by atoms with Gasteiger partial charge < -0.3 is 14.8 Å². The maximum absolute atomic E-state index is 12.8. The van der Waals surface area contributed by atoms with Gasteiger partial charge in [0.25, 0.3) is 5.91 Å². The first-order chi connectivity index (χ1) is 14.5. The van der Waals surface area contributed by atoms with Gasteiger partial charge in [0.2, 0.25) is 5.69 Å². The number of carbonyl (C=O) groups is 2. The van der Waals surface area contributed by atoms with Crippen LogP contribution in [-0.2, 0) is 28.9 Å². The Morgan fingerprint density at radius 2 is 2.10 bits per heavy atom. The summed E-state index contributed by atoms with van der Waals surface area (Å²) in [7, 11) is 0. The van der Waals surface area contributed by atoms with E-state index in [9.17, 15) is 9.59 Å². The van der Waals surface area contributed by atoms with Gasteiger partial charge >= 0.3 is 5.97 Å². The van der Waals surface area contributed by atoms with Crippen molar-refractivity contribution in [3.63, 3.8) is 0 Å². The Balaban J connectivity index is 1.47. The summed E-state index contributed by atoms with van der Waals surface area (Å²) in [6.07, 6.45) is 3.89. The summed E-state index contributed by atoms with van der Waals surface area (Å²) in [6.45, 7) is 6.51. The molecule has 4 rings (SSSR count). The van der Waals surface area contributed by atoms with Crippen LogP contribution in [0.2, 0.25) is 0 Å². The standard InChI is InChI=1S/C20H27N5O5/c1-3-14-16-15(11-20(12-21-18(16)26)5-9-28-10-6-20)25(22-14)7-4-8-29-19(27)17-13(2)23-30-24-17/h3-12H2,1-2H3,(H,21,26). The Morgan fingerprint density at radius 1 is 1.30 bits per heavy atom. The molecule has 0 atom stereocenters. The second-order valence-electron chi connectivity index (χ2n) is 8.00. The molecule has 0 saturated carbocycles. The minimum atomic E-state index is -0.553. The zero-order valence-corrected chi connectivity index (χ0v) is 17.4. The maximum Gasteiger partial charge on any atom is 0.362 e. The molecule has 2 aliphatic heterocycles. The zero-order valence-electron chi connectivity index (χ0n) is 17.4. The van der Waals surface area contributed by atoms with Crippen LogP contribution >= 0.6 is 0 Å². The molecule has 1 amide bonds. The van der Waals surface area contributed by atoms with Gasteiger partial charge in [0.1, 0.15) is 5.69 Å². The molecule has 10 heteroatoms. The van der Waals surface area contributed by atoms with Crippen molar-refractivity contribution in [1.82, 2.24) is 25.4 Å². The number of nitrogens with one attached hydrogen (secondary N) is 1. The lowest BCUT2D eigenvalue weighted by Gasteiger charge is -2.36. The highest BCUT2D eigenvalue weighted by atomic mass is 16.6. The molecule has 0 bridgehead atoms. The largest absolute Gasteiger partial charge is 0.461 e. The Kier molecular flexibility index (Phi) is 5.85. The summed E-state index contributed by atoms with van der Waals surface area (Å²) >= 11 is 0. The molecule has 2 aromatic heterocycles. The van der Waals surface area contributed by atoms with Crippen LogP contribution in [-0.4, -0.2) is 58.3 Å². The molecule has 0 aromatic carbocycles. The van der Waals surface area contributed by atoms with Gasteiger partial charge in [0.15, 0.2) is 0 Å². The first-order valence-electron chi connectivity index (χ1n) is 10.4. The van der Waals surface area contributed by atoms with Gasteiger partial charge in [-0.3, -0.25) is 9.48 Å². The number of hydrogen-bond acceptors (Lipinski definition) is 8. The SMILES string of the molecule is CCc1nn(CCCOC(=O)c2nonc2C)c2c1C(=O)NCC1(CCOCC1)C2. The lowest BCUT2D eigenvalue weighted by molar-refractivity contribution is 0.0152. The average Bonchev–Trinajstić information content (AvgIpc) is 3.29. The Hall–Kier alpha value is -2.75. The van der Waals surface area contributed by atoms with Crippen molar-refractivity contribution < 1.29 is 23.7 Å². The second kappa shape index (κ2) is 8.55. The minimum absolute atomic E-state index is 0.00585. The van der Waals surface area contributed by atoms with Crippen molar-refractivity contribution in [3.8, 4) is 0 Å². The highest BCUT2D eigenvalue weighted by molar-refractivity contribution is 5.97. The Bertz CT molecular complexity index is 928. The molecule has 2 aliphatic rings. The molecule has 0 radical (unpaired) electrons. The first-order valence-corrected chi connectivity index (χ1v) is 10.4. The molecular formula is C20H27N5O5. The van der Waals surface area contributed by atoms with Crippen LogP contribution in [0.5, 0.6) is 0 Å². The number of rotatable bonds is 6. The topological polar surface area (TPSA) is 121 Å².